The van der Waals surface area contributed by atoms with Gasteiger partial charge in [0.25, 0.3) is 0 Å². The molecule has 0 heterocycles. The highest BCUT2D eigenvalue weighted by Crippen LogP contribution is 2.55. The molecule has 17 heavy (non-hydrogen) atoms. The van der Waals surface area contributed by atoms with E-state index in [1.54, 1.807) is 0 Å². The van der Waals surface area contributed by atoms with Crippen LogP contribution in [0.3, 0.4) is 0 Å². The van der Waals surface area contributed by atoms with Gasteiger partial charge in [-0.15, -0.1) is 0 Å². The van der Waals surface area contributed by atoms with Gasteiger partial charge in [0.1, 0.15) is 0 Å². The molecular weight excluding hydrogens is 210 g/mol. The van der Waals surface area contributed by atoms with Gasteiger partial charge in [-0.2, -0.15) is 0 Å². The highest BCUT2D eigenvalue weighted by atomic mass is 16.2. The van der Waals surface area contributed by atoms with Gasteiger partial charge < -0.3 is 5.32 Å². The standard InChI is InChI=1S/C15H19NO/c17-15(14-12-8-4-5-9-13(12)14)16-10-11-6-2-1-3-7-11/h1-3,6-7,12-14H,4-5,8-10H2,(H,16,17)/t12-,13-/m1/s1. The summed E-state index contributed by atoms with van der Waals surface area (Å²) in [4.78, 5) is 12.0. The second-order valence-corrected chi connectivity index (χ2v) is 5.34. The Hall–Kier alpha value is -1.31. The van der Waals surface area contributed by atoms with Gasteiger partial charge in [-0.05, 0) is 30.2 Å². The number of benzene rings is 1. The van der Waals surface area contributed by atoms with E-state index in [0.717, 1.165) is 0 Å². The second kappa shape index (κ2) is 4.52. The molecule has 90 valence electrons. The molecule has 0 spiro atoms. The molecule has 2 heteroatoms. The topological polar surface area (TPSA) is 29.1 Å². The SMILES string of the molecule is O=C(NCc1ccccc1)C1[C@@H]2CCCC[C@@H]12. The van der Waals surface area contributed by atoms with Crippen molar-refractivity contribution in [2.24, 2.45) is 17.8 Å². The number of rotatable bonds is 3. The van der Waals surface area contributed by atoms with Gasteiger partial charge in [-0.3, -0.25) is 4.79 Å². The van der Waals surface area contributed by atoms with Gasteiger partial charge in [0.15, 0.2) is 0 Å². The van der Waals surface area contributed by atoms with E-state index in [9.17, 15) is 4.79 Å². The zero-order valence-corrected chi connectivity index (χ0v) is 10.1. The van der Waals surface area contributed by atoms with E-state index in [0.29, 0.717) is 24.3 Å². The van der Waals surface area contributed by atoms with Crippen LogP contribution in [0.15, 0.2) is 30.3 Å². The fourth-order valence-corrected chi connectivity index (χ4v) is 3.28. The van der Waals surface area contributed by atoms with Crippen molar-refractivity contribution in [2.45, 2.75) is 32.2 Å². The van der Waals surface area contributed by atoms with Gasteiger partial charge >= 0.3 is 0 Å². The summed E-state index contributed by atoms with van der Waals surface area (Å²) in [5, 5.41) is 3.08. The third kappa shape index (κ3) is 2.21. The Balaban J connectivity index is 1.51. The Labute approximate surface area is 102 Å². The average Bonchev–Trinajstić information content (AvgIpc) is 3.11. The molecule has 0 aromatic heterocycles. The molecule has 1 aromatic carbocycles. The van der Waals surface area contributed by atoms with Crippen LogP contribution in [0.4, 0.5) is 0 Å². The lowest BCUT2D eigenvalue weighted by Gasteiger charge is -2.04. The molecule has 1 N–H and O–H groups in total. The summed E-state index contributed by atoms with van der Waals surface area (Å²) in [6.45, 7) is 0.676. The summed E-state index contributed by atoms with van der Waals surface area (Å²) < 4.78 is 0. The molecule has 2 saturated carbocycles. The molecule has 1 aromatic rings. The predicted octanol–water partition coefficient (Wildman–Crippen LogP) is 2.74. The average molecular weight is 229 g/mol. The number of hydrogen-bond acceptors (Lipinski definition) is 1. The van der Waals surface area contributed by atoms with Crippen LogP contribution in [0.1, 0.15) is 31.2 Å². The second-order valence-electron chi connectivity index (χ2n) is 5.34. The minimum Gasteiger partial charge on any atom is -0.352 e. The third-order valence-corrected chi connectivity index (χ3v) is 4.27. The van der Waals surface area contributed by atoms with E-state index in [-0.39, 0.29) is 5.91 Å². The maximum atomic E-state index is 12.0. The van der Waals surface area contributed by atoms with Crippen molar-refractivity contribution in [3.05, 3.63) is 35.9 Å². The lowest BCUT2D eigenvalue weighted by Crippen LogP contribution is -2.25. The van der Waals surface area contributed by atoms with Crippen molar-refractivity contribution in [3.63, 3.8) is 0 Å². The Morgan fingerprint density at radius 3 is 2.41 bits per heavy atom. The maximum Gasteiger partial charge on any atom is 0.223 e. The summed E-state index contributed by atoms with van der Waals surface area (Å²) in [7, 11) is 0. The molecule has 0 bridgehead atoms. The van der Waals surface area contributed by atoms with Crippen LogP contribution in [0.5, 0.6) is 0 Å². The number of amides is 1. The van der Waals surface area contributed by atoms with Crippen molar-refractivity contribution in [2.75, 3.05) is 0 Å². The first-order chi connectivity index (χ1) is 8.36. The quantitative estimate of drug-likeness (QED) is 0.848. The summed E-state index contributed by atoms with van der Waals surface area (Å²) in [6.07, 6.45) is 5.19. The normalized spacial score (nSPS) is 30.5. The fourth-order valence-electron chi connectivity index (χ4n) is 3.28. The number of carbonyl (C=O) groups excluding carboxylic acids is 1. The summed E-state index contributed by atoms with van der Waals surface area (Å²) in [5.74, 6) is 2.03. The number of fused-ring (bicyclic) bond motifs is 1. The maximum absolute atomic E-state index is 12.0. The van der Waals surface area contributed by atoms with Crippen LogP contribution in [0, 0.1) is 17.8 Å². The van der Waals surface area contributed by atoms with Crippen LogP contribution >= 0.6 is 0 Å². The molecule has 2 nitrogen and oxygen atoms in total. The molecule has 0 saturated heterocycles. The molecule has 3 rings (SSSR count). The molecule has 2 aliphatic rings. The van der Waals surface area contributed by atoms with Crippen molar-refractivity contribution >= 4 is 5.91 Å². The minimum atomic E-state index is 0.283. The van der Waals surface area contributed by atoms with E-state index < -0.39 is 0 Å². The Morgan fingerprint density at radius 1 is 1.12 bits per heavy atom. The lowest BCUT2D eigenvalue weighted by atomic mass is 10.0. The van der Waals surface area contributed by atoms with Gasteiger partial charge in [-0.1, -0.05) is 43.2 Å². The van der Waals surface area contributed by atoms with Gasteiger partial charge in [0.2, 0.25) is 5.91 Å². The Morgan fingerprint density at radius 2 is 1.76 bits per heavy atom. The van der Waals surface area contributed by atoms with Crippen molar-refractivity contribution in [1.29, 1.82) is 0 Å². The molecule has 0 unspecified atom stereocenters. The van der Waals surface area contributed by atoms with Crippen LogP contribution in [0.2, 0.25) is 0 Å². The fraction of sp³-hybridized carbons (Fsp3) is 0.533. The predicted molar refractivity (Wildman–Crippen MR) is 67.2 cm³/mol. The van der Waals surface area contributed by atoms with E-state index in [1.165, 1.54) is 31.2 Å². The largest absolute Gasteiger partial charge is 0.352 e. The smallest absolute Gasteiger partial charge is 0.223 e. The first kappa shape index (κ1) is 10.8. The minimum absolute atomic E-state index is 0.283. The van der Waals surface area contributed by atoms with Crippen LogP contribution < -0.4 is 5.32 Å². The summed E-state index contributed by atoms with van der Waals surface area (Å²) >= 11 is 0. The zero-order chi connectivity index (χ0) is 11.7. The number of hydrogen-bond donors (Lipinski definition) is 1. The molecular formula is C15H19NO. The molecule has 2 atom stereocenters. The zero-order valence-electron chi connectivity index (χ0n) is 10.1. The highest BCUT2D eigenvalue weighted by molar-refractivity contribution is 5.82. The van der Waals surface area contributed by atoms with Gasteiger partial charge in [0, 0.05) is 12.5 Å². The van der Waals surface area contributed by atoms with Gasteiger partial charge in [0.05, 0.1) is 0 Å². The van der Waals surface area contributed by atoms with Crippen LogP contribution in [-0.4, -0.2) is 5.91 Å². The van der Waals surface area contributed by atoms with E-state index in [4.69, 9.17) is 0 Å². The van der Waals surface area contributed by atoms with E-state index in [1.807, 2.05) is 18.2 Å². The monoisotopic (exact) mass is 229 g/mol. The van der Waals surface area contributed by atoms with Crippen molar-refractivity contribution in [1.82, 2.24) is 5.32 Å². The van der Waals surface area contributed by atoms with Crippen LogP contribution in [-0.2, 0) is 11.3 Å². The molecule has 2 aliphatic carbocycles. The molecule has 0 radical (unpaired) electrons. The van der Waals surface area contributed by atoms with Crippen LogP contribution in [0.25, 0.3) is 0 Å². The van der Waals surface area contributed by atoms with E-state index in [2.05, 4.69) is 17.4 Å². The first-order valence-electron chi connectivity index (χ1n) is 6.68. The number of nitrogens with one attached hydrogen (secondary N) is 1. The Bertz CT molecular complexity index is 389. The van der Waals surface area contributed by atoms with Crippen molar-refractivity contribution in [3.8, 4) is 0 Å². The molecule has 2 fully saturated rings. The Kier molecular flexibility index (Phi) is 2.87. The van der Waals surface area contributed by atoms with Crippen molar-refractivity contribution < 1.29 is 4.79 Å². The molecule has 1 amide bonds. The summed E-state index contributed by atoms with van der Waals surface area (Å²) in [5.41, 5.74) is 1.18. The summed E-state index contributed by atoms with van der Waals surface area (Å²) in [6, 6.07) is 10.1. The first-order valence-corrected chi connectivity index (χ1v) is 6.68. The highest BCUT2D eigenvalue weighted by Gasteiger charge is 2.54. The van der Waals surface area contributed by atoms with Gasteiger partial charge in [-0.25, -0.2) is 0 Å². The molecule has 0 aliphatic heterocycles. The third-order valence-electron chi connectivity index (χ3n) is 4.27. The van der Waals surface area contributed by atoms with E-state index >= 15 is 0 Å². The lowest BCUT2D eigenvalue weighted by molar-refractivity contribution is -0.123. The number of carbonyl (C=O) groups is 1.